The van der Waals surface area contributed by atoms with Crippen molar-refractivity contribution in [3.63, 3.8) is 0 Å². The Morgan fingerprint density at radius 3 is 2.25 bits per heavy atom. The van der Waals surface area contributed by atoms with Crippen molar-refractivity contribution in [2.45, 2.75) is 51.7 Å². The van der Waals surface area contributed by atoms with Crippen molar-refractivity contribution in [1.29, 1.82) is 0 Å². The van der Waals surface area contributed by atoms with Gasteiger partial charge in [0.2, 0.25) is 5.91 Å². The van der Waals surface area contributed by atoms with E-state index in [1.165, 1.54) is 0 Å². The first kappa shape index (κ1) is 16.3. The molecule has 0 aromatic rings. The molecule has 0 spiro atoms. The van der Waals surface area contributed by atoms with Crippen LogP contribution in [-0.2, 0) is 14.3 Å². The Morgan fingerprint density at radius 2 is 1.80 bits per heavy atom. The second kappa shape index (κ2) is 6.58. The maximum absolute atomic E-state index is 12.2. The number of hydrogen-bond acceptors (Lipinski definition) is 4. The zero-order valence-electron chi connectivity index (χ0n) is 12.1. The molecule has 1 aliphatic heterocycles. The van der Waals surface area contributed by atoms with Crippen molar-refractivity contribution >= 4 is 18.0 Å². The van der Waals surface area contributed by atoms with Crippen LogP contribution >= 0.6 is 0 Å². The van der Waals surface area contributed by atoms with Gasteiger partial charge in [-0.25, -0.2) is 4.79 Å². The largest absolute Gasteiger partial charge is 0.481 e. The van der Waals surface area contributed by atoms with Gasteiger partial charge < -0.3 is 20.1 Å². The van der Waals surface area contributed by atoms with E-state index < -0.39 is 30.1 Å². The number of nitrogens with zero attached hydrogens (tertiary/aromatic N) is 1. The number of alkyl carbamates (subject to hydrolysis) is 1. The van der Waals surface area contributed by atoms with E-state index in [1.807, 2.05) is 0 Å². The molecule has 1 fully saturated rings. The van der Waals surface area contributed by atoms with Crippen molar-refractivity contribution < 1.29 is 24.2 Å². The number of amides is 2. The van der Waals surface area contributed by atoms with E-state index >= 15 is 0 Å². The molecule has 1 rings (SSSR count). The molecule has 0 aromatic carbocycles. The third-order valence-corrected chi connectivity index (χ3v) is 2.79. The molecule has 0 aromatic heterocycles. The molecule has 1 atom stereocenters. The minimum Gasteiger partial charge on any atom is -0.481 e. The number of carbonyl (C=O) groups excluding carboxylic acids is 2. The number of nitrogens with one attached hydrogen (secondary N) is 1. The summed E-state index contributed by atoms with van der Waals surface area (Å²) in [4.78, 5) is 36.3. The van der Waals surface area contributed by atoms with Crippen LogP contribution in [0.1, 0.15) is 40.0 Å². The minimum atomic E-state index is -1.14. The Bertz CT molecular complexity index is 383. The van der Waals surface area contributed by atoms with E-state index in [2.05, 4.69) is 5.32 Å². The van der Waals surface area contributed by atoms with Gasteiger partial charge in [-0.05, 0) is 33.6 Å². The van der Waals surface area contributed by atoms with E-state index in [0.29, 0.717) is 13.1 Å². The highest BCUT2D eigenvalue weighted by Gasteiger charge is 2.31. The quantitative estimate of drug-likeness (QED) is 0.803. The molecule has 7 heteroatoms. The minimum absolute atomic E-state index is 0.365. The molecule has 114 valence electrons. The molecule has 1 saturated heterocycles. The zero-order chi connectivity index (χ0) is 15.3. The number of carboxylic acid groups (broad SMARTS) is 1. The SMILES string of the molecule is CC(C)(C)OC(=O)NC(CC(=O)O)C(=O)N1CCCC1. The molecular formula is C13H22N2O5. The lowest BCUT2D eigenvalue weighted by molar-refractivity contribution is -0.142. The van der Waals surface area contributed by atoms with Gasteiger partial charge in [-0.3, -0.25) is 9.59 Å². The second-order valence-electron chi connectivity index (χ2n) is 5.83. The maximum Gasteiger partial charge on any atom is 0.408 e. The zero-order valence-corrected chi connectivity index (χ0v) is 12.1. The summed E-state index contributed by atoms with van der Waals surface area (Å²) in [6.45, 7) is 6.29. The topological polar surface area (TPSA) is 95.9 Å². The summed E-state index contributed by atoms with van der Waals surface area (Å²) >= 11 is 0. The summed E-state index contributed by atoms with van der Waals surface area (Å²) in [7, 11) is 0. The van der Waals surface area contributed by atoms with Gasteiger partial charge in [0.25, 0.3) is 0 Å². The van der Waals surface area contributed by atoms with Crippen LogP contribution in [-0.4, -0.2) is 52.7 Å². The molecule has 0 saturated carbocycles. The Labute approximate surface area is 118 Å². The molecule has 20 heavy (non-hydrogen) atoms. The highest BCUT2D eigenvalue weighted by atomic mass is 16.6. The monoisotopic (exact) mass is 286 g/mol. The third kappa shape index (κ3) is 5.46. The number of hydrogen-bond donors (Lipinski definition) is 2. The third-order valence-electron chi connectivity index (χ3n) is 2.79. The number of ether oxygens (including phenoxy) is 1. The van der Waals surface area contributed by atoms with E-state index in [4.69, 9.17) is 9.84 Å². The van der Waals surface area contributed by atoms with E-state index in [9.17, 15) is 14.4 Å². The Morgan fingerprint density at radius 1 is 1.25 bits per heavy atom. The molecule has 1 unspecified atom stereocenters. The summed E-state index contributed by atoms with van der Waals surface area (Å²) in [6.07, 6.45) is 0.570. The first-order valence-corrected chi connectivity index (χ1v) is 6.69. The average Bonchev–Trinajstić information content (AvgIpc) is 2.76. The average molecular weight is 286 g/mol. The van der Waals surface area contributed by atoms with E-state index in [0.717, 1.165) is 12.8 Å². The molecule has 7 nitrogen and oxygen atoms in total. The van der Waals surface area contributed by atoms with Gasteiger partial charge in [-0.15, -0.1) is 0 Å². The highest BCUT2D eigenvalue weighted by Crippen LogP contribution is 2.12. The van der Waals surface area contributed by atoms with E-state index in [1.54, 1.807) is 25.7 Å². The van der Waals surface area contributed by atoms with Crippen molar-refractivity contribution in [3.8, 4) is 0 Å². The highest BCUT2D eigenvalue weighted by molar-refractivity contribution is 5.89. The second-order valence-corrected chi connectivity index (χ2v) is 5.83. The molecule has 0 aliphatic carbocycles. The fraction of sp³-hybridized carbons (Fsp3) is 0.769. The smallest absolute Gasteiger partial charge is 0.408 e. The molecule has 0 bridgehead atoms. The van der Waals surface area contributed by atoms with E-state index in [-0.39, 0.29) is 5.91 Å². The molecule has 2 N–H and O–H groups in total. The number of carbonyl (C=O) groups is 3. The van der Waals surface area contributed by atoms with Gasteiger partial charge in [0.05, 0.1) is 6.42 Å². The summed E-state index contributed by atoms with van der Waals surface area (Å²) in [5.41, 5.74) is -0.700. The van der Waals surface area contributed by atoms with Crippen LogP contribution in [0.25, 0.3) is 0 Å². The lowest BCUT2D eigenvalue weighted by Gasteiger charge is -2.25. The lowest BCUT2D eigenvalue weighted by Crippen LogP contribution is -2.49. The van der Waals surface area contributed by atoms with Gasteiger partial charge in [0, 0.05) is 13.1 Å². The van der Waals surface area contributed by atoms with Crippen LogP contribution in [0.2, 0.25) is 0 Å². The molecule has 0 radical (unpaired) electrons. The number of carboxylic acids is 1. The van der Waals surface area contributed by atoms with Gasteiger partial charge in [0.1, 0.15) is 11.6 Å². The van der Waals surface area contributed by atoms with Gasteiger partial charge in [0.15, 0.2) is 0 Å². The Kier molecular flexibility index (Phi) is 5.35. The van der Waals surface area contributed by atoms with Gasteiger partial charge in [-0.2, -0.15) is 0 Å². The van der Waals surface area contributed by atoms with Crippen LogP contribution in [0.5, 0.6) is 0 Å². The van der Waals surface area contributed by atoms with Crippen LogP contribution in [0.15, 0.2) is 0 Å². The van der Waals surface area contributed by atoms with Crippen LogP contribution in [0, 0.1) is 0 Å². The number of aliphatic carboxylic acids is 1. The summed E-state index contributed by atoms with van der Waals surface area (Å²) < 4.78 is 5.05. The normalized spacial score (nSPS) is 16.6. The Hall–Kier alpha value is -1.79. The molecule has 1 heterocycles. The molecule has 1 aliphatic rings. The van der Waals surface area contributed by atoms with Gasteiger partial charge in [-0.1, -0.05) is 0 Å². The van der Waals surface area contributed by atoms with Gasteiger partial charge >= 0.3 is 12.1 Å². The number of likely N-dealkylation sites (tertiary alicyclic amines) is 1. The van der Waals surface area contributed by atoms with Crippen molar-refractivity contribution in [1.82, 2.24) is 10.2 Å². The molecular weight excluding hydrogens is 264 g/mol. The van der Waals surface area contributed by atoms with Crippen molar-refractivity contribution in [3.05, 3.63) is 0 Å². The number of rotatable bonds is 4. The summed E-state index contributed by atoms with van der Waals surface area (Å²) in [5.74, 6) is -1.51. The van der Waals surface area contributed by atoms with Crippen LogP contribution in [0.4, 0.5) is 4.79 Å². The first-order chi connectivity index (χ1) is 9.19. The van der Waals surface area contributed by atoms with Crippen LogP contribution < -0.4 is 5.32 Å². The Balaban J connectivity index is 2.66. The first-order valence-electron chi connectivity index (χ1n) is 6.69. The predicted molar refractivity (Wildman–Crippen MR) is 71.2 cm³/mol. The standard InChI is InChI=1S/C13H22N2O5/c1-13(2,3)20-12(19)14-9(8-10(16)17)11(18)15-6-4-5-7-15/h9H,4-8H2,1-3H3,(H,14,19)(H,16,17). The fourth-order valence-corrected chi connectivity index (χ4v) is 1.98. The molecule has 2 amide bonds. The van der Waals surface area contributed by atoms with Crippen molar-refractivity contribution in [2.24, 2.45) is 0 Å². The fourth-order valence-electron chi connectivity index (χ4n) is 1.98. The predicted octanol–water partition coefficient (Wildman–Crippen LogP) is 0.977. The van der Waals surface area contributed by atoms with Crippen LogP contribution in [0.3, 0.4) is 0 Å². The lowest BCUT2D eigenvalue weighted by atomic mass is 10.2. The maximum atomic E-state index is 12.2. The summed E-state index contributed by atoms with van der Waals surface area (Å²) in [6, 6.07) is -1.08. The summed E-state index contributed by atoms with van der Waals surface area (Å²) in [5, 5.41) is 11.2. The van der Waals surface area contributed by atoms with Crippen molar-refractivity contribution in [2.75, 3.05) is 13.1 Å².